The third-order valence-electron chi connectivity index (χ3n) is 1.88. The van der Waals surface area contributed by atoms with Crippen LogP contribution in [0.4, 0.5) is 9.93 Å². The normalized spacial score (nSPS) is 11.9. The molecule has 1 aromatic heterocycles. The molecule has 1 unspecified atom stereocenters. The lowest BCUT2D eigenvalue weighted by atomic mass is 10.1. The van der Waals surface area contributed by atoms with Gasteiger partial charge in [0.15, 0.2) is 0 Å². The first kappa shape index (κ1) is 13.4. The molecular formula is C9H14N4O3S. The molecule has 0 saturated carbocycles. The average Bonchev–Trinajstić information content (AvgIpc) is 2.60. The van der Waals surface area contributed by atoms with Crippen LogP contribution in [-0.2, 0) is 4.79 Å². The van der Waals surface area contributed by atoms with E-state index in [0.717, 1.165) is 5.01 Å². The number of rotatable bonds is 5. The monoisotopic (exact) mass is 258 g/mol. The largest absolute Gasteiger partial charge is 0.481 e. The number of carbonyl (C=O) groups is 2. The van der Waals surface area contributed by atoms with E-state index in [-0.39, 0.29) is 12.3 Å². The standard InChI is InChI=1S/C9H14N4O3S/c1-5(3-7(14)15)4-10-8(16)11-9-13-12-6(2)17-9/h5H,3-4H2,1-2H3,(H,14,15)(H2,10,11,13,16). The molecule has 1 heterocycles. The number of nitrogens with zero attached hydrogens (tertiary/aromatic N) is 2. The van der Waals surface area contributed by atoms with E-state index < -0.39 is 12.0 Å². The molecule has 1 rings (SSSR count). The summed E-state index contributed by atoms with van der Waals surface area (Å²) in [7, 11) is 0. The van der Waals surface area contributed by atoms with Gasteiger partial charge in [-0.25, -0.2) is 4.79 Å². The summed E-state index contributed by atoms with van der Waals surface area (Å²) in [4.78, 5) is 21.8. The maximum absolute atomic E-state index is 11.4. The SMILES string of the molecule is Cc1nnc(NC(=O)NCC(C)CC(=O)O)s1. The molecule has 0 aliphatic carbocycles. The lowest BCUT2D eigenvalue weighted by molar-refractivity contribution is -0.137. The molecule has 2 amide bonds. The minimum atomic E-state index is -0.876. The van der Waals surface area contributed by atoms with E-state index >= 15 is 0 Å². The van der Waals surface area contributed by atoms with Gasteiger partial charge in [-0.1, -0.05) is 18.3 Å². The number of urea groups is 1. The summed E-state index contributed by atoms with van der Waals surface area (Å²) in [5.41, 5.74) is 0. The van der Waals surface area contributed by atoms with Gasteiger partial charge >= 0.3 is 12.0 Å². The van der Waals surface area contributed by atoms with Gasteiger partial charge < -0.3 is 10.4 Å². The Labute approximate surface area is 102 Å². The van der Waals surface area contributed by atoms with Gasteiger partial charge in [-0.15, -0.1) is 10.2 Å². The van der Waals surface area contributed by atoms with Crippen LogP contribution in [0.3, 0.4) is 0 Å². The molecule has 17 heavy (non-hydrogen) atoms. The number of amides is 2. The average molecular weight is 258 g/mol. The second kappa shape index (κ2) is 6.14. The summed E-state index contributed by atoms with van der Waals surface area (Å²) in [5, 5.41) is 22.3. The highest BCUT2D eigenvalue weighted by Gasteiger charge is 2.10. The molecule has 0 bridgehead atoms. The lowest BCUT2D eigenvalue weighted by Gasteiger charge is -2.09. The molecule has 8 heteroatoms. The zero-order valence-corrected chi connectivity index (χ0v) is 10.4. The first-order chi connectivity index (χ1) is 7.97. The van der Waals surface area contributed by atoms with E-state index in [4.69, 9.17) is 5.11 Å². The molecule has 0 aromatic carbocycles. The van der Waals surface area contributed by atoms with Crippen molar-refractivity contribution in [2.75, 3.05) is 11.9 Å². The third kappa shape index (κ3) is 5.25. The number of carboxylic acids is 1. The van der Waals surface area contributed by atoms with Crippen molar-refractivity contribution < 1.29 is 14.7 Å². The van der Waals surface area contributed by atoms with Gasteiger partial charge in [-0.2, -0.15) is 0 Å². The van der Waals surface area contributed by atoms with Crippen LogP contribution in [0.1, 0.15) is 18.4 Å². The number of carboxylic acid groups (broad SMARTS) is 1. The van der Waals surface area contributed by atoms with Crippen molar-refractivity contribution >= 4 is 28.5 Å². The Hall–Kier alpha value is -1.70. The van der Waals surface area contributed by atoms with Gasteiger partial charge in [0.25, 0.3) is 0 Å². The molecule has 94 valence electrons. The molecule has 0 radical (unpaired) electrons. The van der Waals surface area contributed by atoms with Crippen LogP contribution in [0, 0.1) is 12.8 Å². The molecular weight excluding hydrogens is 244 g/mol. The maximum atomic E-state index is 11.4. The van der Waals surface area contributed by atoms with Crippen molar-refractivity contribution in [3.8, 4) is 0 Å². The fraction of sp³-hybridized carbons (Fsp3) is 0.556. The number of aliphatic carboxylic acids is 1. The third-order valence-corrected chi connectivity index (χ3v) is 2.63. The number of nitrogens with one attached hydrogen (secondary N) is 2. The summed E-state index contributed by atoms with van der Waals surface area (Å²) in [5.74, 6) is -0.992. The van der Waals surface area contributed by atoms with E-state index in [0.29, 0.717) is 11.7 Å². The van der Waals surface area contributed by atoms with Gasteiger partial charge in [0.05, 0.1) is 0 Å². The molecule has 3 N–H and O–H groups in total. The van der Waals surface area contributed by atoms with Crippen molar-refractivity contribution in [2.24, 2.45) is 5.92 Å². The van der Waals surface area contributed by atoms with E-state index in [9.17, 15) is 9.59 Å². The first-order valence-corrected chi connectivity index (χ1v) is 5.85. The zero-order chi connectivity index (χ0) is 12.8. The topological polar surface area (TPSA) is 104 Å². The van der Waals surface area contributed by atoms with E-state index in [2.05, 4.69) is 20.8 Å². The Bertz CT molecular complexity index is 407. The highest BCUT2D eigenvalue weighted by atomic mass is 32.1. The Morgan fingerprint density at radius 3 is 2.71 bits per heavy atom. The summed E-state index contributed by atoms with van der Waals surface area (Å²) in [6.07, 6.45) is 0.0260. The van der Waals surface area contributed by atoms with Crippen LogP contribution in [0.2, 0.25) is 0 Å². The second-order valence-electron chi connectivity index (χ2n) is 3.66. The molecule has 7 nitrogen and oxygen atoms in total. The molecule has 0 saturated heterocycles. The van der Waals surface area contributed by atoms with Crippen molar-refractivity contribution in [1.29, 1.82) is 0 Å². The quantitative estimate of drug-likeness (QED) is 0.733. The minimum absolute atomic E-state index is 0.0260. The first-order valence-electron chi connectivity index (χ1n) is 5.04. The van der Waals surface area contributed by atoms with Gasteiger partial charge in [0, 0.05) is 13.0 Å². The lowest BCUT2D eigenvalue weighted by Crippen LogP contribution is -2.32. The Morgan fingerprint density at radius 1 is 1.47 bits per heavy atom. The summed E-state index contributed by atoms with van der Waals surface area (Å²) >= 11 is 1.27. The van der Waals surface area contributed by atoms with Crippen molar-refractivity contribution in [3.63, 3.8) is 0 Å². The van der Waals surface area contributed by atoms with Crippen LogP contribution < -0.4 is 10.6 Å². The second-order valence-corrected chi connectivity index (χ2v) is 4.85. The van der Waals surface area contributed by atoms with E-state index in [1.165, 1.54) is 11.3 Å². The predicted octanol–water partition coefficient (Wildman–Crippen LogP) is 1.08. The van der Waals surface area contributed by atoms with Crippen LogP contribution in [0.5, 0.6) is 0 Å². The molecule has 1 atom stereocenters. The highest BCUT2D eigenvalue weighted by molar-refractivity contribution is 7.15. The van der Waals surface area contributed by atoms with E-state index in [1.807, 2.05) is 0 Å². The summed E-state index contributed by atoms with van der Waals surface area (Å²) in [6.45, 7) is 3.84. The van der Waals surface area contributed by atoms with Crippen LogP contribution >= 0.6 is 11.3 Å². The Morgan fingerprint density at radius 2 is 2.18 bits per heavy atom. The fourth-order valence-corrected chi connectivity index (χ4v) is 1.71. The summed E-state index contributed by atoms with van der Waals surface area (Å²) in [6, 6.07) is -0.404. The van der Waals surface area contributed by atoms with Gasteiger partial charge in [-0.05, 0) is 12.8 Å². The van der Waals surface area contributed by atoms with Crippen LogP contribution in [0.15, 0.2) is 0 Å². The van der Waals surface area contributed by atoms with Gasteiger partial charge in [-0.3, -0.25) is 10.1 Å². The molecule has 0 spiro atoms. The highest BCUT2D eigenvalue weighted by Crippen LogP contribution is 2.13. The molecule has 0 fully saturated rings. The van der Waals surface area contributed by atoms with Crippen molar-refractivity contribution in [2.45, 2.75) is 20.3 Å². The zero-order valence-electron chi connectivity index (χ0n) is 9.56. The smallest absolute Gasteiger partial charge is 0.321 e. The minimum Gasteiger partial charge on any atom is -0.481 e. The van der Waals surface area contributed by atoms with Crippen molar-refractivity contribution in [3.05, 3.63) is 5.01 Å². The number of carbonyl (C=O) groups excluding carboxylic acids is 1. The number of anilines is 1. The van der Waals surface area contributed by atoms with Crippen LogP contribution in [0.25, 0.3) is 0 Å². The van der Waals surface area contributed by atoms with Gasteiger partial charge in [0.1, 0.15) is 5.01 Å². The number of aromatic nitrogens is 2. The fourth-order valence-electron chi connectivity index (χ4n) is 1.13. The van der Waals surface area contributed by atoms with Crippen molar-refractivity contribution in [1.82, 2.24) is 15.5 Å². The van der Waals surface area contributed by atoms with E-state index in [1.54, 1.807) is 13.8 Å². The number of aryl methyl sites for hydroxylation is 1. The van der Waals surface area contributed by atoms with Crippen LogP contribution in [-0.4, -0.2) is 33.8 Å². The molecule has 0 aliphatic rings. The maximum Gasteiger partial charge on any atom is 0.321 e. The molecule has 1 aromatic rings. The summed E-state index contributed by atoms with van der Waals surface area (Å²) < 4.78 is 0. The Kier molecular flexibility index (Phi) is 4.83. The molecule has 0 aliphatic heterocycles. The number of hydrogen-bond donors (Lipinski definition) is 3. The number of hydrogen-bond acceptors (Lipinski definition) is 5. The van der Waals surface area contributed by atoms with Gasteiger partial charge in [0.2, 0.25) is 5.13 Å². The Balaban J connectivity index is 2.28. The predicted molar refractivity (Wildman–Crippen MR) is 63.1 cm³/mol.